The van der Waals surface area contributed by atoms with Crippen LogP contribution in [0.15, 0.2) is 58.3 Å². The van der Waals surface area contributed by atoms with E-state index < -0.39 is 56.6 Å². The van der Waals surface area contributed by atoms with Crippen LogP contribution < -0.4 is 9.47 Å². The van der Waals surface area contributed by atoms with Crippen LogP contribution in [-0.2, 0) is 29.3 Å². The van der Waals surface area contributed by atoms with Crippen molar-refractivity contribution in [1.29, 1.82) is 0 Å². The van der Waals surface area contributed by atoms with Gasteiger partial charge >= 0.3 is 16.3 Å². The third-order valence-electron chi connectivity index (χ3n) is 4.46. The largest absolute Gasteiger partial charge is 0.504 e. The Morgan fingerprint density at radius 2 is 0.943 bits per heavy atom. The molecule has 0 aliphatic carbocycles. The summed E-state index contributed by atoms with van der Waals surface area (Å²) < 4.78 is 60.6. The summed E-state index contributed by atoms with van der Waals surface area (Å²) in [7, 11) is -9.59. The van der Waals surface area contributed by atoms with E-state index in [9.17, 15) is 32.0 Å². The average molecular weight is 523 g/mol. The van der Waals surface area contributed by atoms with Crippen molar-refractivity contribution in [3.63, 3.8) is 0 Å². The highest BCUT2D eigenvalue weighted by molar-refractivity contribution is 8.31. The van der Waals surface area contributed by atoms with Gasteiger partial charge in [-0.1, -0.05) is 0 Å². The standard InChI is InChI=1S/C23H26N2O8S2/c1-22(2,3)19(26)32-15-7-11-17(12-8-15)34(28,29)21(25-24)35(30,31)18-13-9-16(10-14-18)33-20(27)23(4,5)6/h7-14H,1-6H3. The van der Waals surface area contributed by atoms with E-state index in [0.717, 1.165) is 24.3 Å². The molecule has 0 unspecified atom stereocenters. The fourth-order valence-electron chi connectivity index (χ4n) is 2.35. The lowest BCUT2D eigenvalue weighted by molar-refractivity contribution is -0.143. The van der Waals surface area contributed by atoms with Gasteiger partial charge in [0.25, 0.3) is 19.7 Å². The Bertz CT molecular complexity index is 1290. The van der Waals surface area contributed by atoms with Crippen LogP contribution in [0.2, 0.25) is 0 Å². The first-order chi connectivity index (χ1) is 15.9. The zero-order valence-electron chi connectivity index (χ0n) is 20.1. The molecule has 2 aromatic rings. The molecule has 0 saturated heterocycles. The fraction of sp³-hybridized carbons (Fsp3) is 0.348. The molecule has 2 rings (SSSR count). The number of carbonyl (C=O) groups excluding carboxylic acids is 2. The second kappa shape index (κ2) is 9.73. The van der Waals surface area contributed by atoms with Crippen molar-refractivity contribution in [3.05, 3.63) is 54.1 Å². The van der Waals surface area contributed by atoms with Crippen molar-refractivity contribution >= 4 is 36.0 Å². The van der Waals surface area contributed by atoms with Crippen molar-refractivity contribution in [1.82, 2.24) is 0 Å². The molecule has 0 bridgehead atoms. The Morgan fingerprint density at radius 3 is 1.17 bits per heavy atom. The van der Waals surface area contributed by atoms with Crippen LogP contribution in [-0.4, -0.2) is 37.9 Å². The molecule has 0 aliphatic heterocycles. The van der Waals surface area contributed by atoms with Crippen LogP contribution in [0.1, 0.15) is 41.5 Å². The second-order valence-corrected chi connectivity index (χ2v) is 13.6. The molecule has 188 valence electrons. The third-order valence-corrected chi connectivity index (χ3v) is 8.64. The normalized spacial score (nSPS) is 12.4. The Kier molecular flexibility index (Phi) is 7.75. The van der Waals surface area contributed by atoms with Crippen molar-refractivity contribution in [2.45, 2.75) is 51.3 Å². The Morgan fingerprint density at radius 1 is 0.657 bits per heavy atom. The molecular formula is C23H26N2O8S2. The van der Waals surface area contributed by atoms with E-state index in [1.165, 1.54) is 24.3 Å². The quantitative estimate of drug-likeness (QED) is 0.148. The molecule has 35 heavy (non-hydrogen) atoms. The van der Waals surface area contributed by atoms with Gasteiger partial charge < -0.3 is 15.0 Å². The predicted octanol–water partition coefficient (Wildman–Crippen LogP) is 3.42. The highest BCUT2D eigenvalue weighted by atomic mass is 32.3. The van der Waals surface area contributed by atoms with Gasteiger partial charge in [-0.25, -0.2) is 16.8 Å². The van der Waals surface area contributed by atoms with Crippen LogP contribution in [0.5, 0.6) is 11.5 Å². The van der Waals surface area contributed by atoms with Crippen molar-refractivity contribution < 1.29 is 40.7 Å². The molecule has 12 heteroatoms. The second-order valence-electron chi connectivity index (χ2n) is 9.59. The van der Waals surface area contributed by atoms with E-state index in [-0.39, 0.29) is 11.5 Å². The molecule has 0 aromatic heterocycles. The molecule has 0 amide bonds. The van der Waals surface area contributed by atoms with Gasteiger partial charge in [0.15, 0.2) is 0 Å². The minimum absolute atomic E-state index is 0.0506. The number of benzene rings is 2. The van der Waals surface area contributed by atoms with Gasteiger partial charge in [-0.15, -0.1) is 4.79 Å². The van der Waals surface area contributed by atoms with Crippen LogP contribution >= 0.6 is 0 Å². The van der Waals surface area contributed by atoms with Gasteiger partial charge in [0.05, 0.1) is 20.6 Å². The number of nitrogens with zero attached hydrogens (tertiary/aromatic N) is 2. The Labute approximate surface area is 204 Å². The topological polar surface area (TPSA) is 157 Å². The number of sulfone groups is 2. The smallest absolute Gasteiger partial charge is 0.426 e. The minimum Gasteiger partial charge on any atom is -0.426 e. The average Bonchev–Trinajstić information content (AvgIpc) is 2.73. The molecule has 0 spiro atoms. The summed E-state index contributed by atoms with van der Waals surface area (Å²) in [5, 5.41) is 0. The predicted molar refractivity (Wildman–Crippen MR) is 126 cm³/mol. The van der Waals surface area contributed by atoms with Crippen molar-refractivity contribution in [2.24, 2.45) is 10.8 Å². The molecule has 10 nitrogen and oxygen atoms in total. The number of esters is 2. The summed E-state index contributed by atoms with van der Waals surface area (Å²) in [6, 6.07) is 8.80. The summed E-state index contributed by atoms with van der Waals surface area (Å²) in [5.74, 6) is -1.00. The molecule has 0 saturated carbocycles. The Hall–Kier alpha value is -3.34. The molecule has 0 radical (unpaired) electrons. The van der Waals surface area contributed by atoms with Gasteiger partial charge in [0.2, 0.25) is 0 Å². The summed E-state index contributed by atoms with van der Waals surface area (Å²) in [4.78, 5) is 25.5. The first-order valence-electron chi connectivity index (χ1n) is 10.3. The van der Waals surface area contributed by atoms with Gasteiger partial charge in [-0.2, -0.15) is 0 Å². The fourth-order valence-corrected chi connectivity index (χ4v) is 5.69. The highest BCUT2D eigenvalue weighted by Gasteiger charge is 2.44. The first kappa shape index (κ1) is 27.9. The maximum absolute atomic E-state index is 13.0. The molecular weight excluding hydrogens is 496 g/mol. The molecule has 0 heterocycles. The maximum Gasteiger partial charge on any atom is 0.504 e. The van der Waals surface area contributed by atoms with Crippen LogP contribution in [0, 0.1) is 10.8 Å². The number of rotatable bonds is 4. The lowest BCUT2D eigenvalue weighted by atomic mass is 9.97. The molecule has 2 aromatic carbocycles. The van der Waals surface area contributed by atoms with E-state index in [2.05, 4.69) is 4.79 Å². The summed E-state index contributed by atoms with van der Waals surface area (Å²) >= 11 is 0. The van der Waals surface area contributed by atoms with E-state index >= 15 is 0 Å². The number of hydrogen-bond acceptors (Lipinski definition) is 8. The lowest BCUT2D eigenvalue weighted by Gasteiger charge is -2.16. The Balaban J connectivity index is 2.34. The lowest BCUT2D eigenvalue weighted by Crippen LogP contribution is -2.27. The molecule has 0 fully saturated rings. The van der Waals surface area contributed by atoms with Gasteiger partial charge in [0.1, 0.15) is 11.5 Å². The van der Waals surface area contributed by atoms with E-state index in [4.69, 9.17) is 9.47 Å². The van der Waals surface area contributed by atoms with Crippen LogP contribution in [0.4, 0.5) is 0 Å². The monoisotopic (exact) mass is 522 g/mol. The zero-order valence-corrected chi connectivity index (χ0v) is 21.7. The van der Waals surface area contributed by atoms with E-state index in [1.54, 1.807) is 41.5 Å². The molecule has 0 atom stereocenters. The highest BCUT2D eigenvalue weighted by Crippen LogP contribution is 2.26. The number of ether oxygens (including phenoxy) is 2. The van der Waals surface area contributed by atoms with Crippen molar-refractivity contribution in [2.75, 3.05) is 0 Å². The summed E-state index contributed by atoms with van der Waals surface area (Å²) in [6.45, 7) is 9.86. The minimum atomic E-state index is -4.79. The van der Waals surface area contributed by atoms with Gasteiger partial charge in [-0.3, -0.25) is 9.59 Å². The molecule has 0 aliphatic rings. The van der Waals surface area contributed by atoms with Gasteiger partial charge in [-0.05, 0) is 90.1 Å². The van der Waals surface area contributed by atoms with Crippen molar-refractivity contribution in [3.8, 4) is 11.5 Å². The zero-order chi connectivity index (χ0) is 26.8. The maximum atomic E-state index is 13.0. The SMILES string of the molecule is CC(C)(C)C(=O)Oc1ccc(S(=O)(=O)C(=[N+]=[N-])S(=O)(=O)c2ccc(OC(=O)C(C)(C)C)cc2)cc1. The summed E-state index contributed by atoms with van der Waals surface area (Å²) in [6.07, 6.45) is 0. The van der Waals surface area contributed by atoms with Crippen LogP contribution in [0.25, 0.3) is 5.53 Å². The third kappa shape index (κ3) is 6.41. The van der Waals surface area contributed by atoms with Crippen LogP contribution in [0.3, 0.4) is 0 Å². The number of carbonyl (C=O) groups is 2. The first-order valence-corrected chi connectivity index (χ1v) is 13.2. The summed E-state index contributed by atoms with van der Waals surface area (Å²) in [5.41, 5.74) is 7.75. The van der Waals surface area contributed by atoms with E-state index in [1.807, 2.05) is 0 Å². The van der Waals surface area contributed by atoms with Gasteiger partial charge in [0, 0.05) is 0 Å². The van der Waals surface area contributed by atoms with E-state index in [0.29, 0.717) is 0 Å². The number of hydrogen-bond donors (Lipinski definition) is 0. The molecule has 0 N–H and O–H groups in total.